The van der Waals surface area contributed by atoms with E-state index in [1.807, 2.05) is 72.8 Å². The van der Waals surface area contributed by atoms with Gasteiger partial charge < -0.3 is 14.4 Å². The van der Waals surface area contributed by atoms with Crippen molar-refractivity contribution in [1.82, 2.24) is 0 Å². The van der Waals surface area contributed by atoms with E-state index in [1.54, 1.807) is 12.0 Å². The molecule has 0 radical (unpaired) electrons. The zero-order valence-corrected chi connectivity index (χ0v) is 21.7. The minimum atomic E-state index is -0.146. The van der Waals surface area contributed by atoms with Crippen LogP contribution >= 0.6 is 24.0 Å². The van der Waals surface area contributed by atoms with Gasteiger partial charge >= 0.3 is 0 Å². The first-order chi connectivity index (χ1) is 17.0. The quantitative estimate of drug-likeness (QED) is 0.244. The fraction of sp³-hybridized carbons (Fsp3) is 0.214. The molecular weight excluding hydrogens is 476 g/mol. The summed E-state index contributed by atoms with van der Waals surface area (Å²) < 4.78 is 12.0. The number of nitrogens with zero attached hydrogens (tertiary/aromatic N) is 2. The SMILES string of the molecule is CCN(CC)c1ccc(/C=C2\SC(=S)N(c3ccc(OC)cc3)C2=O)c(OCc2ccccc2)c1. The van der Waals surface area contributed by atoms with Crippen LogP contribution in [0, 0.1) is 0 Å². The number of amides is 1. The zero-order valence-electron chi connectivity index (χ0n) is 20.1. The normalized spacial score (nSPS) is 14.5. The number of hydrogen-bond donors (Lipinski definition) is 0. The van der Waals surface area contributed by atoms with Crippen LogP contribution in [0.2, 0.25) is 0 Å². The molecule has 5 nitrogen and oxygen atoms in total. The van der Waals surface area contributed by atoms with Crippen molar-refractivity contribution in [2.75, 3.05) is 30.0 Å². The predicted molar refractivity (Wildman–Crippen MR) is 149 cm³/mol. The predicted octanol–water partition coefficient (Wildman–Crippen LogP) is 6.53. The molecule has 4 rings (SSSR count). The minimum absolute atomic E-state index is 0.146. The lowest BCUT2D eigenvalue weighted by atomic mass is 10.1. The maximum absolute atomic E-state index is 13.3. The number of benzene rings is 3. The summed E-state index contributed by atoms with van der Waals surface area (Å²) >= 11 is 6.84. The Kier molecular flexibility index (Phi) is 8.10. The fourth-order valence-corrected chi connectivity index (χ4v) is 5.14. The molecule has 0 bridgehead atoms. The maximum Gasteiger partial charge on any atom is 0.270 e. The maximum atomic E-state index is 13.3. The molecule has 180 valence electrons. The van der Waals surface area contributed by atoms with Crippen molar-refractivity contribution in [3.8, 4) is 11.5 Å². The van der Waals surface area contributed by atoms with Crippen LogP contribution in [0.5, 0.6) is 11.5 Å². The summed E-state index contributed by atoms with van der Waals surface area (Å²) in [6.45, 7) is 6.50. The highest BCUT2D eigenvalue weighted by molar-refractivity contribution is 8.27. The van der Waals surface area contributed by atoms with Crippen LogP contribution in [0.25, 0.3) is 6.08 Å². The highest BCUT2D eigenvalue weighted by Gasteiger charge is 2.33. The average Bonchev–Trinajstić information content (AvgIpc) is 3.17. The van der Waals surface area contributed by atoms with Crippen molar-refractivity contribution in [3.63, 3.8) is 0 Å². The molecule has 3 aromatic rings. The molecule has 1 saturated heterocycles. The highest BCUT2D eigenvalue weighted by atomic mass is 32.2. The Bertz CT molecular complexity index is 1220. The van der Waals surface area contributed by atoms with E-state index in [2.05, 4.69) is 24.8 Å². The van der Waals surface area contributed by atoms with Crippen molar-refractivity contribution in [3.05, 3.63) is 88.8 Å². The van der Waals surface area contributed by atoms with Gasteiger partial charge in [-0.1, -0.05) is 54.3 Å². The van der Waals surface area contributed by atoms with Crippen molar-refractivity contribution in [2.24, 2.45) is 0 Å². The van der Waals surface area contributed by atoms with Crippen molar-refractivity contribution in [1.29, 1.82) is 0 Å². The number of rotatable bonds is 9. The van der Waals surface area contributed by atoms with Crippen molar-refractivity contribution < 1.29 is 14.3 Å². The first-order valence-corrected chi connectivity index (χ1v) is 12.7. The monoisotopic (exact) mass is 504 g/mol. The van der Waals surface area contributed by atoms with Gasteiger partial charge in [0.1, 0.15) is 18.1 Å². The fourth-order valence-electron chi connectivity index (χ4n) is 3.85. The Morgan fingerprint density at radius 1 is 1.00 bits per heavy atom. The van der Waals surface area contributed by atoms with E-state index in [-0.39, 0.29) is 5.91 Å². The second kappa shape index (κ2) is 11.4. The summed E-state index contributed by atoms with van der Waals surface area (Å²) in [6, 6.07) is 23.5. The lowest BCUT2D eigenvalue weighted by Crippen LogP contribution is -2.27. The van der Waals surface area contributed by atoms with Crippen LogP contribution in [0.3, 0.4) is 0 Å². The number of methoxy groups -OCH3 is 1. The Morgan fingerprint density at radius 2 is 1.71 bits per heavy atom. The standard InChI is InChI=1S/C28H28N2O3S2/c1-4-29(5-2)23-12-11-21(25(18-23)33-19-20-9-7-6-8-10-20)17-26-27(31)30(28(34)35-26)22-13-15-24(32-3)16-14-22/h6-18H,4-5,19H2,1-3H3/b26-17-. The van der Waals surface area contributed by atoms with Crippen LogP contribution in [-0.4, -0.2) is 30.4 Å². The van der Waals surface area contributed by atoms with Gasteiger partial charge in [0.05, 0.1) is 17.7 Å². The van der Waals surface area contributed by atoms with E-state index >= 15 is 0 Å². The van der Waals surface area contributed by atoms with E-state index in [0.29, 0.717) is 21.5 Å². The summed E-state index contributed by atoms with van der Waals surface area (Å²) in [5.74, 6) is 1.31. The summed E-state index contributed by atoms with van der Waals surface area (Å²) in [4.78, 5) is 17.7. The van der Waals surface area contributed by atoms with Gasteiger partial charge in [-0.3, -0.25) is 9.69 Å². The number of carbonyl (C=O) groups is 1. The Hall–Kier alpha value is -3.29. The molecule has 1 fully saturated rings. The number of ether oxygens (including phenoxy) is 2. The molecule has 1 heterocycles. The van der Waals surface area contributed by atoms with E-state index in [0.717, 1.165) is 41.4 Å². The van der Waals surface area contributed by atoms with Crippen LogP contribution in [0.1, 0.15) is 25.0 Å². The van der Waals surface area contributed by atoms with Crippen molar-refractivity contribution in [2.45, 2.75) is 20.5 Å². The number of carbonyl (C=O) groups excluding carboxylic acids is 1. The molecule has 0 aromatic heterocycles. The Labute approximate surface area is 216 Å². The van der Waals surface area contributed by atoms with Crippen LogP contribution in [0.4, 0.5) is 11.4 Å². The van der Waals surface area contributed by atoms with Gasteiger partial charge in [-0.15, -0.1) is 0 Å². The molecule has 3 aromatic carbocycles. The first kappa shape index (κ1) is 24.8. The van der Waals surface area contributed by atoms with Crippen LogP contribution in [0.15, 0.2) is 77.7 Å². The van der Waals surface area contributed by atoms with Crippen LogP contribution < -0.4 is 19.3 Å². The molecule has 7 heteroatoms. The third-order valence-electron chi connectivity index (χ3n) is 5.77. The second-order valence-electron chi connectivity index (χ2n) is 7.88. The number of anilines is 2. The lowest BCUT2D eigenvalue weighted by molar-refractivity contribution is -0.113. The third kappa shape index (κ3) is 5.69. The smallest absolute Gasteiger partial charge is 0.270 e. The third-order valence-corrected chi connectivity index (χ3v) is 7.08. The van der Waals surface area contributed by atoms with Gasteiger partial charge in [-0.05, 0) is 61.9 Å². The molecule has 0 saturated carbocycles. The molecule has 0 N–H and O–H groups in total. The molecule has 0 spiro atoms. The summed E-state index contributed by atoms with van der Waals surface area (Å²) in [7, 11) is 1.61. The van der Waals surface area contributed by atoms with Gasteiger partial charge in [0.2, 0.25) is 0 Å². The molecule has 0 atom stereocenters. The van der Waals surface area contributed by atoms with Gasteiger partial charge in [-0.2, -0.15) is 0 Å². The molecule has 1 aliphatic heterocycles. The van der Waals surface area contributed by atoms with E-state index in [4.69, 9.17) is 21.7 Å². The molecule has 0 unspecified atom stereocenters. The molecule has 0 aliphatic carbocycles. The van der Waals surface area contributed by atoms with Gasteiger partial charge in [0.25, 0.3) is 5.91 Å². The molecule has 1 aliphatic rings. The minimum Gasteiger partial charge on any atom is -0.497 e. The molecule has 35 heavy (non-hydrogen) atoms. The summed E-state index contributed by atoms with van der Waals surface area (Å²) in [5, 5.41) is 0. The molecular formula is C28H28N2O3S2. The van der Waals surface area contributed by atoms with E-state index in [9.17, 15) is 4.79 Å². The second-order valence-corrected chi connectivity index (χ2v) is 9.56. The largest absolute Gasteiger partial charge is 0.497 e. The van der Waals surface area contributed by atoms with Crippen molar-refractivity contribution >= 4 is 51.7 Å². The number of thiocarbonyl (C=S) groups is 1. The first-order valence-electron chi connectivity index (χ1n) is 11.5. The summed E-state index contributed by atoms with van der Waals surface area (Å²) in [6.07, 6.45) is 1.87. The Morgan fingerprint density at radius 3 is 2.37 bits per heavy atom. The summed E-state index contributed by atoms with van der Waals surface area (Å²) in [5.41, 5.74) is 3.72. The Balaban J connectivity index is 1.64. The van der Waals surface area contributed by atoms with E-state index < -0.39 is 0 Å². The van der Waals surface area contributed by atoms with Crippen LogP contribution in [-0.2, 0) is 11.4 Å². The van der Waals surface area contributed by atoms with Gasteiger partial charge in [-0.25, -0.2) is 0 Å². The highest BCUT2D eigenvalue weighted by Crippen LogP contribution is 2.38. The van der Waals surface area contributed by atoms with E-state index in [1.165, 1.54) is 11.8 Å². The number of hydrogen-bond acceptors (Lipinski definition) is 6. The zero-order chi connectivity index (χ0) is 24.8. The topological polar surface area (TPSA) is 42.0 Å². The molecule has 1 amide bonds. The lowest BCUT2D eigenvalue weighted by Gasteiger charge is -2.22. The average molecular weight is 505 g/mol. The number of thioether (sulfide) groups is 1. The van der Waals surface area contributed by atoms with Gasteiger partial charge in [0, 0.05) is 30.4 Å². The van der Waals surface area contributed by atoms with Gasteiger partial charge in [0.15, 0.2) is 4.32 Å².